The molecular formula is C27H32N2O4. The number of amides is 1. The Bertz CT molecular complexity index is 1040. The van der Waals surface area contributed by atoms with Gasteiger partial charge in [0.2, 0.25) is 5.56 Å². The maximum Gasteiger partial charge on any atom is 0.410 e. The normalized spacial score (nSPS) is 16.4. The fraction of sp³-hybridized carbons (Fsp3) is 0.333. The van der Waals surface area contributed by atoms with Crippen molar-refractivity contribution in [3.05, 3.63) is 94.9 Å². The van der Waals surface area contributed by atoms with Crippen LogP contribution < -0.4 is 5.56 Å². The Morgan fingerprint density at radius 3 is 2.12 bits per heavy atom. The first-order chi connectivity index (χ1) is 16.0. The maximum atomic E-state index is 12.3. The lowest BCUT2D eigenvalue weighted by atomic mass is 10.0. The number of aryl methyl sites for hydroxylation is 1. The number of ether oxygens (including phenoxy) is 1. The number of carbonyl (C=O) groups is 1. The second kappa shape index (κ2) is 12.0. The highest BCUT2D eigenvalue weighted by atomic mass is 16.6. The molecule has 1 N–H and O–H groups in total. The summed E-state index contributed by atoms with van der Waals surface area (Å²) in [5, 5.41) is 8.92. The van der Waals surface area contributed by atoms with Gasteiger partial charge in [-0.05, 0) is 42.5 Å². The van der Waals surface area contributed by atoms with Gasteiger partial charge in [-0.25, -0.2) is 4.79 Å². The number of carbonyl (C=O) groups excluding carboxylic acids is 1. The summed E-state index contributed by atoms with van der Waals surface area (Å²) < 4.78 is 7.06. The molecule has 3 aromatic rings. The third-order valence-corrected chi connectivity index (χ3v) is 5.82. The van der Waals surface area contributed by atoms with Crippen LogP contribution in [-0.2, 0) is 11.8 Å². The lowest BCUT2D eigenvalue weighted by Crippen LogP contribution is -2.43. The van der Waals surface area contributed by atoms with Gasteiger partial charge in [0.15, 0.2) is 0 Å². The molecule has 0 spiro atoms. The third kappa shape index (κ3) is 6.80. The molecule has 6 nitrogen and oxygen atoms in total. The fourth-order valence-corrected chi connectivity index (χ4v) is 3.80. The summed E-state index contributed by atoms with van der Waals surface area (Å²) in [6, 6.07) is 23.3. The Morgan fingerprint density at radius 1 is 0.970 bits per heavy atom. The highest BCUT2D eigenvalue weighted by Gasteiger charge is 2.30. The lowest BCUT2D eigenvalue weighted by Gasteiger charge is -2.35. The number of rotatable bonds is 6. The molecule has 1 amide bonds. The standard InChI is InChI=1S/C21H26N2O4.C6H6/c1-15(23-12-11-19(4-3-13-24)27-21(23)26)16-5-7-17(8-6-16)18-9-10-20(25)22(2)14-18;1-2-4-6-5-3-1/h5-10,14-15,19,24H,3-4,11-13H2,1-2H3;1-6H. The molecule has 1 aromatic heterocycles. The number of hydrogen-bond donors (Lipinski definition) is 1. The van der Waals surface area contributed by atoms with E-state index in [1.54, 1.807) is 22.6 Å². The van der Waals surface area contributed by atoms with Crippen molar-refractivity contribution >= 4 is 6.09 Å². The van der Waals surface area contributed by atoms with Gasteiger partial charge in [-0.15, -0.1) is 0 Å². The number of pyridine rings is 1. The van der Waals surface area contributed by atoms with Crippen LogP contribution in [0.15, 0.2) is 83.8 Å². The van der Waals surface area contributed by atoms with Crippen molar-refractivity contribution in [3.63, 3.8) is 0 Å². The average Bonchev–Trinajstić information content (AvgIpc) is 2.86. The lowest BCUT2D eigenvalue weighted by molar-refractivity contribution is 0.00760. The molecule has 0 radical (unpaired) electrons. The topological polar surface area (TPSA) is 71.8 Å². The van der Waals surface area contributed by atoms with Crippen LogP contribution in [-0.4, -0.2) is 39.9 Å². The molecule has 2 aromatic carbocycles. The van der Waals surface area contributed by atoms with Gasteiger partial charge in [-0.2, -0.15) is 0 Å². The minimum atomic E-state index is -0.293. The number of nitrogens with zero attached hydrogens (tertiary/aromatic N) is 2. The fourth-order valence-electron chi connectivity index (χ4n) is 3.80. The Morgan fingerprint density at radius 2 is 1.58 bits per heavy atom. The number of aliphatic hydroxyl groups is 1. The molecule has 0 bridgehead atoms. The molecule has 2 heterocycles. The molecule has 1 saturated heterocycles. The zero-order chi connectivity index (χ0) is 23.6. The number of aliphatic hydroxyl groups excluding tert-OH is 1. The van der Waals surface area contributed by atoms with Crippen LogP contribution in [0.5, 0.6) is 0 Å². The molecule has 6 heteroatoms. The van der Waals surface area contributed by atoms with Gasteiger partial charge in [0.25, 0.3) is 0 Å². The van der Waals surface area contributed by atoms with Crippen molar-refractivity contribution in [1.29, 1.82) is 0 Å². The molecule has 174 valence electrons. The van der Waals surface area contributed by atoms with Crippen molar-refractivity contribution in [1.82, 2.24) is 9.47 Å². The Kier molecular flexibility index (Phi) is 8.84. The first-order valence-corrected chi connectivity index (χ1v) is 11.3. The summed E-state index contributed by atoms with van der Waals surface area (Å²) in [7, 11) is 1.73. The van der Waals surface area contributed by atoms with Crippen LogP contribution in [0, 0.1) is 0 Å². The predicted octanol–water partition coefficient (Wildman–Crippen LogP) is 4.78. The van der Waals surface area contributed by atoms with Crippen LogP contribution >= 0.6 is 0 Å². The number of benzene rings is 2. The van der Waals surface area contributed by atoms with E-state index in [2.05, 4.69) is 0 Å². The van der Waals surface area contributed by atoms with Crippen LogP contribution in [0.25, 0.3) is 11.1 Å². The van der Waals surface area contributed by atoms with E-state index in [0.29, 0.717) is 19.4 Å². The summed E-state index contributed by atoms with van der Waals surface area (Å²) >= 11 is 0. The quantitative estimate of drug-likeness (QED) is 0.589. The summed E-state index contributed by atoms with van der Waals surface area (Å²) in [5.41, 5.74) is 2.99. The molecule has 2 unspecified atom stereocenters. The van der Waals surface area contributed by atoms with Crippen LogP contribution in [0.1, 0.15) is 37.8 Å². The monoisotopic (exact) mass is 448 g/mol. The Balaban J connectivity index is 0.000000442. The van der Waals surface area contributed by atoms with Crippen molar-refractivity contribution in [2.45, 2.75) is 38.3 Å². The number of aromatic nitrogens is 1. The zero-order valence-electron chi connectivity index (χ0n) is 19.3. The predicted molar refractivity (Wildman–Crippen MR) is 130 cm³/mol. The van der Waals surface area contributed by atoms with E-state index in [0.717, 1.165) is 23.1 Å². The van der Waals surface area contributed by atoms with E-state index < -0.39 is 0 Å². The minimum absolute atomic E-state index is 0.0371. The van der Waals surface area contributed by atoms with Crippen LogP contribution in [0.2, 0.25) is 0 Å². The van der Waals surface area contributed by atoms with E-state index >= 15 is 0 Å². The molecular weight excluding hydrogens is 416 g/mol. The molecule has 33 heavy (non-hydrogen) atoms. The van der Waals surface area contributed by atoms with E-state index in [1.165, 1.54) is 0 Å². The molecule has 1 fully saturated rings. The number of hydrogen-bond acceptors (Lipinski definition) is 4. The highest BCUT2D eigenvalue weighted by molar-refractivity contribution is 5.69. The van der Waals surface area contributed by atoms with Gasteiger partial charge in [0.05, 0.1) is 6.04 Å². The van der Waals surface area contributed by atoms with Crippen molar-refractivity contribution in [2.24, 2.45) is 7.05 Å². The maximum absolute atomic E-state index is 12.3. The summed E-state index contributed by atoms with van der Waals surface area (Å²) in [5.74, 6) is 0. The third-order valence-electron chi connectivity index (χ3n) is 5.82. The summed E-state index contributed by atoms with van der Waals surface area (Å²) in [4.78, 5) is 25.6. The summed E-state index contributed by atoms with van der Waals surface area (Å²) in [6.45, 7) is 2.77. The van der Waals surface area contributed by atoms with Crippen molar-refractivity contribution in [3.8, 4) is 11.1 Å². The number of cyclic esters (lactones) is 1. The molecule has 1 aliphatic rings. The SMILES string of the molecule is CC(c1ccc(-c2ccc(=O)n(C)c2)cc1)N1CCC(CCCO)OC1=O.c1ccccc1. The van der Waals surface area contributed by atoms with Gasteiger partial charge in [0, 0.05) is 38.9 Å². The van der Waals surface area contributed by atoms with Gasteiger partial charge >= 0.3 is 6.09 Å². The van der Waals surface area contributed by atoms with E-state index in [4.69, 9.17) is 9.84 Å². The smallest absolute Gasteiger partial charge is 0.410 e. The molecule has 0 saturated carbocycles. The van der Waals surface area contributed by atoms with Gasteiger partial charge in [-0.3, -0.25) is 4.79 Å². The van der Waals surface area contributed by atoms with Gasteiger partial charge in [0.1, 0.15) is 6.10 Å². The van der Waals surface area contributed by atoms with Crippen molar-refractivity contribution < 1.29 is 14.6 Å². The van der Waals surface area contributed by atoms with Gasteiger partial charge in [-0.1, -0.05) is 60.7 Å². The molecule has 4 rings (SSSR count). The van der Waals surface area contributed by atoms with E-state index in [9.17, 15) is 9.59 Å². The van der Waals surface area contributed by atoms with Crippen molar-refractivity contribution in [2.75, 3.05) is 13.2 Å². The largest absolute Gasteiger partial charge is 0.446 e. The van der Waals surface area contributed by atoms with Crippen LogP contribution in [0.4, 0.5) is 4.79 Å². The summed E-state index contributed by atoms with van der Waals surface area (Å²) in [6.07, 6.45) is 3.57. The van der Waals surface area contributed by atoms with E-state index in [-0.39, 0.29) is 30.4 Å². The molecule has 0 aliphatic carbocycles. The Hall–Kier alpha value is -3.38. The second-order valence-electron chi connectivity index (χ2n) is 8.17. The minimum Gasteiger partial charge on any atom is -0.446 e. The second-order valence-corrected chi connectivity index (χ2v) is 8.17. The first-order valence-electron chi connectivity index (χ1n) is 11.3. The first kappa shape index (κ1) is 24.3. The van der Waals surface area contributed by atoms with Crippen LogP contribution in [0.3, 0.4) is 0 Å². The van der Waals surface area contributed by atoms with E-state index in [1.807, 2.05) is 79.9 Å². The highest BCUT2D eigenvalue weighted by Crippen LogP contribution is 2.28. The Labute approximate surface area is 195 Å². The average molecular weight is 449 g/mol. The van der Waals surface area contributed by atoms with Gasteiger partial charge < -0.3 is 19.3 Å². The zero-order valence-corrected chi connectivity index (χ0v) is 19.3. The molecule has 1 aliphatic heterocycles. The molecule has 2 atom stereocenters.